The fraction of sp³-hybridized carbons (Fsp3) is 0.480. The molecular formula is C25H30F2N6O2S. The summed E-state index contributed by atoms with van der Waals surface area (Å²) in [4.78, 5) is 9.16. The summed E-state index contributed by atoms with van der Waals surface area (Å²) in [6, 6.07) is 4.93. The number of aromatic nitrogens is 4. The fourth-order valence-corrected chi connectivity index (χ4v) is 6.57. The van der Waals surface area contributed by atoms with E-state index < -0.39 is 32.9 Å². The normalized spacial score (nSPS) is 17.2. The predicted molar refractivity (Wildman–Crippen MR) is 134 cm³/mol. The van der Waals surface area contributed by atoms with E-state index in [4.69, 9.17) is 0 Å². The van der Waals surface area contributed by atoms with Gasteiger partial charge in [0, 0.05) is 49.5 Å². The van der Waals surface area contributed by atoms with Gasteiger partial charge in [0.25, 0.3) is 0 Å². The van der Waals surface area contributed by atoms with Crippen molar-refractivity contribution in [2.24, 2.45) is 5.92 Å². The molecule has 1 aromatic carbocycles. The van der Waals surface area contributed by atoms with Crippen molar-refractivity contribution in [2.75, 3.05) is 36.8 Å². The van der Waals surface area contributed by atoms with Crippen LogP contribution in [0, 0.1) is 17.6 Å². The van der Waals surface area contributed by atoms with Crippen LogP contribution in [0.25, 0.3) is 16.9 Å². The quantitative estimate of drug-likeness (QED) is 0.453. The molecule has 3 aromatic rings. The summed E-state index contributed by atoms with van der Waals surface area (Å²) >= 11 is 0. The predicted octanol–water partition coefficient (Wildman–Crippen LogP) is 3.46. The number of hydrogen-bond donors (Lipinski definition) is 0. The summed E-state index contributed by atoms with van der Waals surface area (Å²) in [5.74, 6) is -2.49. The Bertz CT molecular complexity index is 1350. The lowest BCUT2D eigenvalue weighted by molar-refractivity contribution is 0.248. The maximum atomic E-state index is 15.3. The van der Waals surface area contributed by atoms with Crippen molar-refractivity contribution in [3.8, 4) is 16.9 Å². The van der Waals surface area contributed by atoms with Crippen LogP contribution in [0.3, 0.4) is 0 Å². The zero-order valence-electron chi connectivity index (χ0n) is 20.4. The van der Waals surface area contributed by atoms with Crippen LogP contribution in [0.1, 0.15) is 32.3 Å². The third-order valence-corrected chi connectivity index (χ3v) is 8.52. The van der Waals surface area contributed by atoms with Gasteiger partial charge in [-0.3, -0.25) is 9.88 Å². The Labute approximate surface area is 209 Å². The smallest absolute Gasteiger partial charge is 0.156 e. The molecule has 8 nitrogen and oxygen atoms in total. The number of halogens is 2. The molecule has 0 N–H and O–H groups in total. The summed E-state index contributed by atoms with van der Waals surface area (Å²) in [6.07, 6.45) is 7.47. The molecule has 2 aliphatic rings. The Morgan fingerprint density at radius 1 is 1.08 bits per heavy atom. The SMILES string of the molecule is CC(C)CS(=O)(=O)Cc1ccc(F)c(-n2cc(-c3cncc(N4CCN(C5CC5)CC4)c3)nn2)c1F. The number of benzene rings is 1. The van der Waals surface area contributed by atoms with E-state index >= 15 is 4.39 Å². The fourth-order valence-electron chi connectivity index (χ4n) is 4.74. The lowest BCUT2D eigenvalue weighted by Gasteiger charge is -2.36. The van der Waals surface area contributed by atoms with Gasteiger partial charge in [0.05, 0.1) is 29.6 Å². The Balaban J connectivity index is 1.37. The number of sulfone groups is 1. The second-order valence-electron chi connectivity index (χ2n) is 10.1. The van der Waals surface area contributed by atoms with Crippen molar-refractivity contribution in [1.29, 1.82) is 0 Å². The topological polar surface area (TPSA) is 84.2 Å². The number of piperazine rings is 1. The molecule has 1 saturated carbocycles. The van der Waals surface area contributed by atoms with E-state index in [1.54, 1.807) is 26.2 Å². The van der Waals surface area contributed by atoms with Gasteiger partial charge < -0.3 is 4.90 Å². The van der Waals surface area contributed by atoms with Crippen LogP contribution in [0.4, 0.5) is 14.5 Å². The van der Waals surface area contributed by atoms with E-state index in [-0.39, 0.29) is 17.2 Å². The van der Waals surface area contributed by atoms with Gasteiger partial charge in [-0.15, -0.1) is 5.10 Å². The van der Waals surface area contributed by atoms with Gasteiger partial charge >= 0.3 is 0 Å². The molecule has 1 aliphatic carbocycles. The van der Waals surface area contributed by atoms with Gasteiger partial charge in [-0.1, -0.05) is 25.1 Å². The van der Waals surface area contributed by atoms with Crippen molar-refractivity contribution in [1.82, 2.24) is 24.9 Å². The molecule has 5 rings (SSSR count). The summed E-state index contributed by atoms with van der Waals surface area (Å²) in [5.41, 5.74) is 1.51. The van der Waals surface area contributed by atoms with E-state index in [1.165, 1.54) is 25.1 Å². The number of anilines is 1. The minimum absolute atomic E-state index is 0.0778. The number of rotatable bonds is 8. The summed E-state index contributed by atoms with van der Waals surface area (Å²) in [6.45, 7) is 7.42. The monoisotopic (exact) mass is 516 g/mol. The lowest BCUT2D eigenvalue weighted by Crippen LogP contribution is -2.47. The number of nitrogens with zero attached hydrogens (tertiary/aromatic N) is 6. The highest BCUT2D eigenvalue weighted by Crippen LogP contribution is 2.30. The van der Waals surface area contributed by atoms with Gasteiger partial charge in [-0.2, -0.15) is 0 Å². The van der Waals surface area contributed by atoms with E-state index in [2.05, 4.69) is 25.1 Å². The van der Waals surface area contributed by atoms with Crippen molar-refractivity contribution >= 4 is 15.5 Å². The average Bonchev–Trinajstić information content (AvgIpc) is 3.58. The molecule has 1 aliphatic heterocycles. The van der Waals surface area contributed by atoms with E-state index in [0.29, 0.717) is 11.3 Å². The third kappa shape index (κ3) is 5.41. The highest BCUT2D eigenvalue weighted by Gasteiger charge is 2.31. The zero-order valence-corrected chi connectivity index (χ0v) is 21.3. The van der Waals surface area contributed by atoms with Crippen LogP contribution in [-0.2, 0) is 15.6 Å². The minimum atomic E-state index is -3.55. The zero-order chi connectivity index (χ0) is 25.4. The first-order chi connectivity index (χ1) is 17.2. The molecule has 0 unspecified atom stereocenters. The first-order valence-corrected chi connectivity index (χ1v) is 14.1. The largest absolute Gasteiger partial charge is 0.368 e. The molecular weight excluding hydrogens is 486 g/mol. The molecule has 0 amide bonds. The molecule has 1 saturated heterocycles. The van der Waals surface area contributed by atoms with Gasteiger partial charge in [-0.25, -0.2) is 21.9 Å². The Hall–Kier alpha value is -2.92. The highest BCUT2D eigenvalue weighted by atomic mass is 32.2. The van der Waals surface area contributed by atoms with E-state index in [9.17, 15) is 12.8 Å². The lowest BCUT2D eigenvalue weighted by atomic mass is 10.2. The molecule has 3 heterocycles. The van der Waals surface area contributed by atoms with Crippen molar-refractivity contribution in [3.05, 3.63) is 54.0 Å². The highest BCUT2D eigenvalue weighted by molar-refractivity contribution is 7.90. The minimum Gasteiger partial charge on any atom is -0.368 e. The molecule has 36 heavy (non-hydrogen) atoms. The average molecular weight is 517 g/mol. The molecule has 2 fully saturated rings. The second-order valence-corrected chi connectivity index (χ2v) is 12.2. The van der Waals surface area contributed by atoms with Gasteiger partial charge in [0.15, 0.2) is 21.5 Å². The van der Waals surface area contributed by atoms with Crippen molar-refractivity contribution in [2.45, 2.75) is 38.5 Å². The van der Waals surface area contributed by atoms with Gasteiger partial charge in [0.1, 0.15) is 11.4 Å². The molecule has 11 heteroatoms. The van der Waals surface area contributed by atoms with Gasteiger partial charge in [-0.05, 0) is 30.9 Å². The van der Waals surface area contributed by atoms with Crippen LogP contribution >= 0.6 is 0 Å². The maximum Gasteiger partial charge on any atom is 0.156 e. The van der Waals surface area contributed by atoms with E-state index in [1.807, 2.05) is 6.07 Å². The molecule has 0 spiro atoms. The first-order valence-electron chi connectivity index (χ1n) is 12.2. The first kappa shape index (κ1) is 24.8. The standard InChI is InChI=1S/C25H30F2N6O2S/c1-17(2)15-36(34,35)16-18-3-6-22(26)25(24(18)27)33-14-23(29-30-33)19-11-21(13-28-12-19)32-9-7-31(8-10-32)20-4-5-20/h3,6,11-14,17,20H,4-5,7-10,15-16H2,1-2H3. The summed E-state index contributed by atoms with van der Waals surface area (Å²) in [7, 11) is -3.55. The molecule has 0 bridgehead atoms. The van der Waals surface area contributed by atoms with Crippen LogP contribution in [0.15, 0.2) is 36.8 Å². The molecule has 2 aromatic heterocycles. The van der Waals surface area contributed by atoms with Crippen LogP contribution in [0.5, 0.6) is 0 Å². The number of pyridine rings is 1. The maximum absolute atomic E-state index is 15.3. The van der Waals surface area contributed by atoms with Crippen LogP contribution in [-0.4, -0.2) is 71.3 Å². The number of hydrogen-bond acceptors (Lipinski definition) is 7. The molecule has 0 radical (unpaired) electrons. The summed E-state index contributed by atoms with van der Waals surface area (Å²) < 4.78 is 55.8. The Kier molecular flexibility index (Phi) is 6.78. The van der Waals surface area contributed by atoms with Crippen LogP contribution in [0.2, 0.25) is 0 Å². The third-order valence-electron chi connectivity index (χ3n) is 6.59. The second kappa shape index (κ2) is 9.85. The molecule has 0 atom stereocenters. The van der Waals surface area contributed by atoms with Crippen LogP contribution < -0.4 is 4.90 Å². The Morgan fingerprint density at radius 3 is 2.53 bits per heavy atom. The summed E-state index contributed by atoms with van der Waals surface area (Å²) in [5, 5.41) is 8.05. The molecule has 192 valence electrons. The van der Waals surface area contributed by atoms with Gasteiger partial charge in [0.2, 0.25) is 0 Å². The van der Waals surface area contributed by atoms with E-state index in [0.717, 1.165) is 48.7 Å². The Morgan fingerprint density at radius 2 is 1.83 bits per heavy atom. The van der Waals surface area contributed by atoms with Crippen molar-refractivity contribution in [3.63, 3.8) is 0 Å². The van der Waals surface area contributed by atoms with Crippen molar-refractivity contribution < 1.29 is 17.2 Å².